The van der Waals surface area contributed by atoms with Crippen LogP contribution in [0.2, 0.25) is 0 Å². The van der Waals surface area contributed by atoms with Gasteiger partial charge in [-0.1, -0.05) is 0 Å². The van der Waals surface area contributed by atoms with E-state index in [9.17, 15) is 14.0 Å². The molecule has 0 amide bonds. The van der Waals surface area contributed by atoms with Crippen molar-refractivity contribution in [2.45, 2.75) is 6.17 Å². The maximum atomic E-state index is 13.6. The molecule has 0 saturated heterocycles. The van der Waals surface area contributed by atoms with Gasteiger partial charge in [0, 0.05) is 0 Å². The number of methoxy groups -OCH3 is 1. The summed E-state index contributed by atoms with van der Waals surface area (Å²) >= 11 is 0. The van der Waals surface area contributed by atoms with Crippen molar-refractivity contribution in [2.75, 3.05) is 7.11 Å². The van der Waals surface area contributed by atoms with E-state index in [0.29, 0.717) is 0 Å². The predicted octanol–water partition coefficient (Wildman–Crippen LogP) is -0.457. The molecular weight excluding hydrogens is 203 g/mol. The number of carbonyl (C=O) groups excluding carboxylic acids is 2. The quantitative estimate of drug-likeness (QED) is 0.280. The molecule has 0 aromatic rings. The molecule has 1 aliphatic rings. The van der Waals surface area contributed by atoms with Crippen LogP contribution in [0.3, 0.4) is 0 Å². The summed E-state index contributed by atoms with van der Waals surface area (Å²) in [6, 6.07) is 0. The van der Waals surface area contributed by atoms with Crippen LogP contribution >= 0.6 is 0 Å². The van der Waals surface area contributed by atoms with E-state index in [-0.39, 0.29) is 16.8 Å². The standard InChI is InChI=1S/C9H9FN2O3/c1-15-9(14)5-2-3-7(12-11)6(4-13)8(5)10/h2-3,8,12H,11H2,1H3. The van der Waals surface area contributed by atoms with Gasteiger partial charge in [-0.05, 0) is 12.2 Å². The maximum absolute atomic E-state index is 13.6. The van der Waals surface area contributed by atoms with Crippen LogP contribution in [-0.4, -0.2) is 25.2 Å². The Morgan fingerprint density at radius 2 is 2.33 bits per heavy atom. The Morgan fingerprint density at radius 1 is 1.67 bits per heavy atom. The van der Waals surface area contributed by atoms with Crippen LogP contribution in [0.5, 0.6) is 0 Å². The number of ether oxygens (including phenoxy) is 1. The highest BCUT2D eigenvalue weighted by atomic mass is 19.1. The smallest absolute Gasteiger partial charge is 0.337 e. The van der Waals surface area contributed by atoms with E-state index >= 15 is 0 Å². The number of hydrogen-bond acceptors (Lipinski definition) is 5. The van der Waals surface area contributed by atoms with E-state index in [1.54, 1.807) is 0 Å². The second-order valence-corrected chi connectivity index (χ2v) is 2.72. The van der Waals surface area contributed by atoms with E-state index in [1.165, 1.54) is 18.1 Å². The molecule has 0 aromatic heterocycles. The molecule has 80 valence electrons. The molecule has 0 saturated carbocycles. The van der Waals surface area contributed by atoms with Crippen molar-refractivity contribution >= 4 is 11.9 Å². The summed E-state index contributed by atoms with van der Waals surface area (Å²) in [6.07, 6.45) is 0.640. The second kappa shape index (κ2) is 4.54. The Morgan fingerprint density at radius 3 is 2.80 bits per heavy atom. The van der Waals surface area contributed by atoms with E-state index in [0.717, 1.165) is 7.11 Å². The number of nitrogens with one attached hydrogen (secondary N) is 1. The topological polar surface area (TPSA) is 81.4 Å². The first-order valence-electron chi connectivity index (χ1n) is 4.02. The molecule has 1 atom stereocenters. The Kier molecular flexibility index (Phi) is 3.38. The monoisotopic (exact) mass is 212 g/mol. The molecule has 6 heteroatoms. The summed E-state index contributed by atoms with van der Waals surface area (Å²) in [5, 5.41) is 0. The molecule has 5 nitrogen and oxygen atoms in total. The third kappa shape index (κ3) is 1.96. The number of nitrogens with two attached hydrogens (primary N) is 1. The molecule has 1 rings (SSSR count). The zero-order valence-corrected chi connectivity index (χ0v) is 7.91. The van der Waals surface area contributed by atoms with E-state index in [1.807, 2.05) is 0 Å². The lowest BCUT2D eigenvalue weighted by Crippen LogP contribution is -2.30. The molecule has 0 spiro atoms. The van der Waals surface area contributed by atoms with Gasteiger partial charge in [-0.15, -0.1) is 0 Å². The van der Waals surface area contributed by atoms with Crippen LogP contribution < -0.4 is 11.3 Å². The van der Waals surface area contributed by atoms with Crippen molar-refractivity contribution in [3.05, 3.63) is 29.0 Å². The molecule has 0 bridgehead atoms. The average Bonchev–Trinajstić information content (AvgIpc) is 2.27. The van der Waals surface area contributed by atoms with Gasteiger partial charge in [0.25, 0.3) is 0 Å². The highest BCUT2D eigenvalue weighted by Crippen LogP contribution is 2.24. The molecule has 15 heavy (non-hydrogen) atoms. The number of carbonyl (C=O) groups is 1. The van der Waals surface area contributed by atoms with E-state index in [2.05, 4.69) is 10.2 Å². The van der Waals surface area contributed by atoms with Gasteiger partial charge in [0.05, 0.1) is 24.0 Å². The molecular formula is C9H9FN2O3. The van der Waals surface area contributed by atoms with Gasteiger partial charge < -0.3 is 10.2 Å². The summed E-state index contributed by atoms with van der Waals surface area (Å²) in [5.74, 6) is 5.62. The Balaban J connectivity index is 3.14. The van der Waals surface area contributed by atoms with Crippen LogP contribution in [0.15, 0.2) is 29.0 Å². The van der Waals surface area contributed by atoms with Crippen molar-refractivity contribution in [3.8, 4) is 0 Å². The lowest BCUT2D eigenvalue weighted by molar-refractivity contribution is -0.136. The van der Waals surface area contributed by atoms with Gasteiger partial charge in [-0.25, -0.2) is 14.0 Å². The normalized spacial score (nSPS) is 19.9. The minimum atomic E-state index is -1.87. The molecule has 0 heterocycles. The maximum Gasteiger partial charge on any atom is 0.337 e. The minimum absolute atomic E-state index is 0.0881. The number of alkyl halides is 1. The third-order valence-electron chi connectivity index (χ3n) is 1.93. The fourth-order valence-electron chi connectivity index (χ4n) is 1.16. The molecule has 0 radical (unpaired) electrons. The highest BCUT2D eigenvalue weighted by molar-refractivity contribution is 5.92. The van der Waals surface area contributed by atoms with Crippen LogP contribution in [0, 0.1) is 0 Å². The Bertz CT molecular complexity index is 394. The van der Waals surface area contributed by atoms with Crippen molar-refractivity contribution < 1.29 is 18.7 Å². The van der Waals surface area contributed by atoms with Gasteiger partial charge in [-0.3, -0.25) is 5.84 Å². The number of rotatable bonds is 2. The number of esters is 1. The molecule has 0 aromatic carbocycles. The second-order valence-electron chi connectivity index (χ2n) is 2.72. The van der Waals surface area contributed by atoms with Crippen LogP contribution in [0.1, 0.15) is 0 Å². The number of hydrogen-bond donors (Lipinski definition) is 2. The molecule has 0 aliphatic heterocycles. The predicted molar refractivity (Wildman–Crippen MR) is 49.6 cm³/mol. The summed E-state index contributed by atoms with van der Waals surface area (Å²) < 4.78 is 17.9. The Hall–Kier alpha value is -1.91. The number of allylic oxidation sites excluding steroid dienone is 3. The van der Waals surface area contributed by atoms with Crippen LogP contribution in [0.4, 0.5) is 4.39 Å². The molecule has 3 N–H and O–H groups in total. The fourth-order valence-corrected chi connectivity index (χ4v) is 1.16. The molecule has 1 aliphatic carbocycles. The first kappa shape index (κ1) is 11.2. The fraction of sp³-hybridized carbons (Fsp3) is 0.222. The Labute approximate surface area is 85.0 Å². The van der Waals surface area contributed by atoms with Gasteiger partial charge in [-0.2, -0.15) is 0 Å². The van der Waals surface area contributed by atoms with E-state index in [4.69, 9.17) is 5.84 Å². The minimum Gasteiger partial charge on any atom is -0.466 e. The van der Waals surface area contributed by atoms with Crippen LogP contribution in [0.25, 0.3) is 0 Å². The zero-order chi connectivity index (χ0) is 11.4. The van der Waals surface area contributed by atoms with Crippen molar-refractivity contribution in [1.29, 1.82) is 0 Å². The first-order chi connectivity index (χ1) is 7.15. The van der Waals surface area contributed by atoms with Gasteiger partial charge in [0.15, 0.2) is 6.17 Å². The van der Waals surface area contributed by atoms with E-state index < -0.39 is 12.1 Å². The summed E-state index contributed by atoms with van der Waals surface area (Å²) in [6.45, 7) is 0. The van der Waals surface area contributed by atoms with Crippen molar-refractivity contribution in [2.24, 2.45) is 5.84 Å². The summed E-state index contributed by atoms with van der Waals surface area (Å²) in [7, 11) is 1.13. The van der Waals surface area contributed by atoms with Crippen LogP contribution in [-0.2, 0) is 14.3 Å². The number of halogens is 1. The number of hydrazine groups is 1. The van der Waals surface area contributed by atoms with Crippen molar-refractivity contribution in [3.63, 3.8) is 0 Å². The van der Waals surface area contributed by atoms with Gasteiger partial charge in [0.2, 0.25) is 0 Å². The molecule has 1 unspecified atom stereocenters. The summed E-state index contributed by atoms with van der Waals surface area (Å²) in [4.78, 5) is 21.6. The van der Waals surface area contributed by atoms with Gasteiger partial charge in [0.1, 0.15) is 5.94 Å². The zero-order valence-electron chi connectivity index (χ0n) is 7.91. The largest absolute Gasteiger partial charge is 0.466 e. The first-order valence-corrected chi connectivity index (χ1v) is 4.02. The average molecular weight is 212 g/mol. The van der Waals surface area contributed by atoms with Crippen molar-refractivity contribution in [1.82, 2.24) is 5.43 Å². The highest BCUT2D eigenvalue weighted by Gasteiger charge is 2.30. The summed E-state index contributed by atoms with van der Waals surface area (Å²) in [5.41, 5.74) is 1.62. The SMILES string of the molecule is COC(=O)C1=CC=C(NN)C(=C=O)C1F. The molecule has 0 fully saturated rings. The lowest BCUT2D eigenvalue weighted by Gasteiger charge is -2.17. The third-order valence-corrected chi connectivity index (χ3v) is 1.93. The lowest BCUT2D eigenvalue weighted by atomic mass is 9.96. The van der Waals surface area contributed by atoms with Gasteiger partial charge >= 0.3 is 5.97 Å².